The summed E-state index contributed by atoms with van der Waals surface area (Å²) in [5.41, 5.74) is -0.114. The van der Waals surface area contributed by atoms with E-state index in [2.05, 4.69) is 12.6 Å². The number of nitrogens with zero attached hydrogens (tertiary/aromatic N) is 1. The molecule has 6 heteroatoms. The highest BCUT2D eigenvalue weighted by Crippen LogP contribution is 2.28. The molecule has 0 unspecified atom stereocenters. The normalized spacial score (nSPS) is 10.6. The lowest BCUT2D eigenvalue weighted by Crippen LogP contribution is -1.92. The molecule has 1 N–H and O–H groups in total. The van der Waals surface area contributed by atoms with Crippen LogP contribution < -0.4 is 0 Å². The number of nitro groups is 1. The average molecular weight is 239 g/mol. The van der Waals surface area contributed by atoms with E-state index in [0.29, 0.717) is 12.0 Å². The van der Waals surface area contributed by atoms with E-state index in [-0.39, 0.29) is 22.6 Å². The molecule has 0 aliphatic carbocycles. The minimum atomic E-state index is -0.621. The Morgan fingerprint density at radius 2 is 2.06 bits per heavy atom. The van der Waals surface area contributed by atoms with Gasteiger partial charge in [0.15, 0.2) is 6.29 Å². The van der Waals surface area contributed by atoms with E-state index >= 15 is 0 Å². The Hall–Kier alpha value is -1.82. The quantitative estimate of drug-likeness (QED) is 0.365. The Kier molecular flexibility index (Phi) is 4.07. The highest BCUT2D eigenvalue weighted by Gasteiger charge is 2.13. The number of hydrogen-bond donors (Lipinski definition) is 2. The average Bonchev–Trinajstić information content (AvgIpc) is 2.27. The van der Waals surface area contributed by atoms with Gasteiger partial charge in [0, 0.05) is 23.4 Å². The molecule has 0 radical (unpaired) electrons. The maximum absolute atomic E-state index is 10.6. The molecule has 0 amide bonds. The standard InChI is InChI=1S/C10H9NO4S/c12-6-8-5-9(11(14)15)4-7(10(8)13)2-1-3-16/h1-2,4-6,13,16H,3H2. The Morgan fingerprint density at radius 1 is 1.44 bits per heavy atom. The van der Waals surface area contributed by atoms with Crippen LogP contribution in [0.15, 0.2) is 18.2 Å². The number of aldehydes is 1. The van der Waals surface area contributed by atoms with Gasteiger partial charge in [0.2, 0.25) is 0 Å². The van der Waals surface area contributed by atoms with Gasteiger partial charge in [-0.05, 0) is 0 Å². The Bertz CT molecular complexity index is 456. The molecule has 0 heterocycles. The van der Waals surface area contributed by atoms with Gasteiger partial charge in [-0.25, -0.2) is 0 Å². The van der Waals surface area contributed by atoms with Crippen molar-refractivity contribution in [2.45, 2.75) is 0 Å². The van der Waals surface area contributed by atoms with Crippen LogP contribution in [-0.4, -0.2) is 22.1 Å². The van der Waals surface area contributed by atoms with Crippen molar-refractivity contribution in [1.82, 2.24) is 0 Å². The first-order valence-electron chi connectivity index (χ1n) is 4.34. The molecule has 0 aliphatic heterocycles. The number of aromatic hydroxyl groups is 1. The largest absolute Gasteiger partial charge is 0.507 e. The van der Waals surface area contributed by atoms with Crippen LogP contribution in [0.25, 0.3) is 6.08 Å². The van der Waals surface area contributed by atoms with Crippen molar-refractivity contribution < 1.29 is 14.8 Å². The summed E-state index contributed by atoms with van der Waals surface area (Å²) in [6.45, 7) is 0. The molecule has 0 aromatic heterocycles. The zero-order chi connectivity index (χ0) is 12.1. The summed E-state index contributed by atoms with van der Waals surface area (Å²) in [6.07, 6.45) is 3.46. The minimum absolute atomic E-state index is 0.104. The lowest BCUT2D eigenvalue weighted by Gasteiger charge is -2.02. The topological polar surface area (TPSA) is 80.4 Å². The Labute approximate surface area is 97.0 Å². The van der Waals surface area contributed by atoms with Crippen LogP contribution >= 0.6 is 12.6 Å². The Morgan fingerprint density at radius 3 is 2.56 bits per heavy atom. The van der Waals surface area contributed by atoms with Crippen molar-refractivity contribution in [1.29, 1.82) is 0 Å². The molecule has 1 aromatic carbocycles. The second kappa shape index (κ2) is 5.32. The summed E-state index contributed by atoms with van der Waals surface area (Å²) in [4.78, 5) is 20.6. The lowest BCUT2D eigenvalue weighted by molar-refractivity contribution is -0.384. The van der Waals surface area contributed by atoms with E-state index in [1.165, 1.54) is 12.1 Å². The van der Waals surface area contributed by atoms with E-state index in [0.717, 1.165) is 6.07 Å². The second-order valence-corrected chi connectivity index (χ2v) is 3.30. The first-order chi connectivity index (χ1) is 7.60. The predicted molar refractivity (Wildman–Crippen MR) is 63.0 cm³/mol. The van der Waals surface area contributed by atoms with Gasteiger partial charge in [-0.3, -0.25) is 14.9 Å². The zero-order valence-corrected chi connectivity index (χ0v) is 9.05. The van der Waals surface area contributed by atoms with Crippen LogP contribution in [0.3, 0.4) is 0 Å². The van der Waals surface area contributed by atoms with E-state index in [1.807, 2.05) is 0 Å². The first kappa shape index (κ1) is 12.3. The summed E-state index contributed by atoms with van der Waals surface area (Å²) < 4.78 is 0. The number of nitro benzene ring substituents is 1. The van der Waals surface area contributed by atoms with E-state index in [4.69, 9.17) is 0 Å². The zero-order valence-electron chi connectivity index (χ0n) is 8.16. The van der Waals surface area contributed by atoms with E-state index in [1.54, 1.807) is 6.08 Å². The molecule has 16 heavy (non-hydrogen) atoms. The number of benzene rings is 1. The van der Waals surface area contributed by atoms with Gasteiger partial charge < -0.3 is 5.11 Å². The van der Waals surface area contributed by atoms with E-state index in [9.17, 15) is 20.0 Å². The van der Waals surface area contributed by atoms with Gasteiger partial charge in [-0.15, -0.1) is 0 Å². The number of carbonyl (C=O) groups is 1. The molecule has 5 nitrogen and oxygen atoms in total. The number of non-ortho nitro benzene ring substituents is 1. The fraction of sp³-hybridized carbons (Fsp3) is 0.100. The van der Waals surface area contributed by atoms with Crippen LogP contribution in [-0.2, 0) is 0 Å². The summed E-state index contributed by atoms with van der Waals surface area (Å²) in [7, 11) is 0. The first-order valence-corrected chi connectivity index (χ1v) is 4.97. The predicted octanol–water partition coefficient (Wildman–Crippen LogP) is 2.06. The fourth-order valence-electron chi connectivity index (χ4n) is 1.17. The number of rotatable bonds is 4. The second-order valence-electron chi connectivity index (χ2n) is 2.93. The Balaban J connectivity index is 3.35. The molecule has 0 saturated carbocycles. The van der Waals surface area contributed by atoms with Gasteiger partial charge in [0.1, 0.15) is 5.75 Å². The third kappa shape index (κ3) is 2.60. The molecular weight excluding hydrogens is 230 g/mol. The van der Waals surface area contributed by atoms with Crippen molar-refractivity contribution in [3.63, 3.8) is 0 Å². The number of hydrogen-bond acceptors (Lipinski definition) is 5. The van der Waals surface area contributed by atoms with Gasteiger partial charge in [-0.1, -0.05) is 12.2 Å². The summed E-state index contributed by atoms with van der Waals surface area (Å²) >= 11 is 3.93. The van der Waals surface area contributed by atoms with Gasteiger partial charge in [0.05, 0.1) is 10.5 Å². The lowest BCUT2D eigenvalue weighted by atomic mass is 10.1. The number of carbonyl (C=O) groups excluding carboxylic acids is 1. The SMILES string of the molecule is O=Cc1cc([N+](=O)[O-])cc(C=CCS)c1O. The summed E-state index contributed by atoms with van der Waals surface area (Å²) in [5.74, 6) is 0.164. The van der Waals surface area contributed by atoms with Crippen molar-refractivity contribution in [2.24, 2.45) is 0 Å². The van der Waals surface area contributed by atoms with Gasteiger partial charge >= 0.3 is 0 Å². The monoisotopic (exact) mass is 239 g/mol. The minimum Gasteiger partial charge on any atom is -0.507 e. The molecule has 0 spiro atoms. The van der Waals surface area contributed by atoms with Crippen molar-refractivity contribution in [3.8, 4) is 5.75 Å². The van der Waals surface area contributed by atoms with Gasteiger partial charge in [-0.2, -0.15) is 12.6 Å². The molecule has 84 valence electrons. The fourth-order valence-corrected chi connectivity index (χ4v) is 1.27. The number of phenols is 1. The maximum Gasteiger partial charge on any atom is 0.271 e. The molecule has 0 bridgehead atoms. The number of thiol groups is 1. The smallest absolute Gasteiger partial charge is 0.271 e. The van der Waals surface area contributed by atoms with Crippen molar-refractivity contribution in [2.75, 3.05) is 5.75 Å². The molecule has 0 fully saturated rings. The maximum atomic E-state index is 10.6. The van der Waals surface area contributed by atoms with Crippen LogP contribution in [0.4, 0.5) is 5.69 Å². The van der Waals surface area contributed by atoms with Crippen LogP contribution in [0.5, 0.6) is 5.75 Å². The third-order valence-electron chi connectivity index (χ3n) is 1.89. The molecule has 0 saturated heterocycles. The van der Waals surface area contributed by atoms with E-state index < -0.39 is 4.92 Å². The highest BCUT2D eigenvalue weighted by molar-refractivity contribution is 7.80. The van der Waals surface area contributed by atoms with Crippen molar-refractivity contribution in [3.05, 3.63) is 39.4 Å². The molecular formula is C10H9NO4S. The summed E-state index contributed by atoms with van der Waals surface area (Å²) in [6, 6.07) is 2.22. The van der Waals surface area contributed by atoms with Crippen LogP contribution in [0.1, 0.15) is 15.9 Å². The number of phenolic OH excluding ortho intramolecular Hbond substituents is 1. The molecule has 0 atom stereocenters. The third-order valence-corrected chi connectivity index (χ3v) is 2.11. The molecule has 1 aromatic rings. The van der Waals surface area contributed by atoms with Crippen LogP contribution in [0.2, 0.25) is 0 Å². The molecule has 1 rings (SSSR count). The molecule has 0 aliphatic rings. The van der Waals surface area contributed by atoms with Gasteiger partial charge in [0.25, 0.3) is 5.69 Å². The van der Waals surface area contributed by atoms with Crippen molar-refractivity contribution >= 4 is 30.7 Å². The van der Waals surface area contributed by atoms with Crippen LogP contribution in [0, 0.1) is 10.1 Å². The highest BCUT2D eigenvalue weighted by atomic mass is 32.1. The summed E-state index contributed by atoms with van der Waals surface area (Å²) in [5, 5.41) is 20.2.